The fourth-order valence-corrected chi connectivity index (χ4v) is 6.20. The number of piperazine rings is 1. The molecule has 2 aromatic heterocycles. The van der Waals surface area contributed by atoms with Gasteiger partial charge in [0.2, 0.25) is 0 Å². The number of likely N-dealkylation sites (N-methyl/N-ethyl adjacent to an activating group) is 1. The summed E-state index contributed by atoms with van der Waals surface area (Å²) in [6.07, 6.45) is 1.79. The first-order valence-electron chi connectivity index (χ1n) is 15.2. The van der Waals surface area contributed by atoms with Gasteiger partial charge in [-0.2, -0.15) is 0 Å². The Morgan fingerprint density at radius 2 is 1.67 bits per heavy atom. The quantitative estimate of drug-likeness (QED) is 0.249. The van der Waals surface area contributed by atoms with Gasteiger partial charge in [-0.15, -0.1) is 0 Å². The minimum Gasteiger partial charge on any atom is -0.391 e. The van der Waals surface area contributed by atoms with Gasteiger partial charge in [-0.3, -0.25) is 9.47 Å². The summed E-state index contributed by atoms with van der Waals surface area (Å²) in [5, 5.41) is 11.1. The average Bonchev–Trinajstić information content (AvgIpc) is 3.42. The lowest BCUT2D eigenvalue weighted by molar-refractivity contribution is 0.124. The van der Waals surface area contributed by atoms with Gasteiger partial charge in [-0.25, -0.2) is 15.0 Å². The molecule has 1 aliphatic heterocycles. The maximum Gasteiger partial charge on any atom is 0.170 e. The Labute approximate surface area is 254 Å². The molecular formula is C35H41N7O. The number of para-hydroxylation sites is 1. The van der Waals surface area contributed by atoms with Crippen LogP contribution in [0.25, 0.3) is 28.2 Å². The van der Waals surface area contributed by atoms with Gasteiger partial charge in [0, 0.05) is 62.8 Å². The molecule has 6 rings (SSSR count). The molecule has 0 saturated carbocycles. The highest BCUT2D eigenvalue weighted by molar-refractivity contribution is 5.88. The summed E-state index contributed by atoms with van der Waals surface area (Å²) in [5.41, 5.74) is 7.50. The summed E-state index contributed by atoms with van der Waals surface area (Å²) in [7, 11) is 1.97. The third-order valence-electron chi connectivity index (χ3n) is 8.75. The summed E-state index contributed by atoms with van der Waals surface area (Å²) in [6.45, 7) is 11.0. The Balaban J connectivity index is 1.15. The van der Waals surface area contributed by atoms with Crippen molar-refractivity contribution < 1.29 is 5.11 Å². The Kier molecular flexibility index (Phi) is 8.40. The number of anilines is 2. The van der Waals surface area contributed by atoms with E-state index in [0.717, 1.165) is 54.4 Å². The van der Waals surface area contributed by atoms with Crippen LogP contribution in [0.15, 0.2) is 85.2 Å². The van der Waals surface area contributed by atoms with Crippen LogP contribution in [-0.2, 0) is 0 Å². The zero-order valence-electron chi connectivity index (χ0n) is 25.6. The molecule has 0 aliphatic carbocycles. The van der Waals surface area contributed by atoms with Crippen molar-refractivity contribution in [1.29, 1.82) is 0 Å². The number of fused-ring (bicyclic) bond motifs is 1. The molecule has 43 heavy (non-hydrogen) atoms. The minimum absolute atomic E-state index is 0.415. The van der Waals surface area contributed by atoms with E-state index in [0.29, 0.717) is 24.8 Å². The predicted molar refractivity (Wildman–Crippen MR) is 175 cm³/mol. The molecule has 2 atom stereocenters. The smallest absolute Gasteiger partial charge is 0.170 e. The number of hydrogen-bond acceptors (Lipinski definition) is 7. The number of hydrogen-bond donors (Lipinski definition) is 1. The molecular weight excluding hydrogens is 534 g/mol. The van der Waals surface area contributed by atoms with E-state index in [1.807, 2.05) is 48.3 Å². The molecule has 0 spiro atoms. The Hall–Kier alpha value is -4.27. The van der Waals surface area contributed by atoms with Crippen LogP contribution < -0.4 is 9.80 Å². The van der Waals surface area contributed by atoms with Crippen molar-refractivity contribution in [2.45, 2.75) is 39.3 Å². The van der Waals surface area contributed by atoms with Crippen LogP contribution in [0.5, 0.6) is 0 Å². The van der Waals surface area contributed by atoms with Crippen LogP contribution in [-0.4, -0.2) is 81.4 Å². The highest BCUT2D eigenvalue weighted by Crippen LogP contribution is 2.31. The zero-order chi connectivity index (χ0) is 29.9. The number of aryl methyl sites for hydroxylation is 1. The number of benzene rings is 3. The lowest BCUT2D eigenvalue weighted by Crippen LogP contribution is -2.52. The molecule has 0 amide bonds. The first-order chi connectivity index (χ1) is 20.9. The van der Waals surface area contributed by atoms with Gasteiger partial charge in [0.1, 0.15) is 12.2 Å². The first kappa shape index (κ1) is 28.8. The second-order valence-electron chi connectivity index (χ2n) is 11.7. The Morgan fingerprint density at radius 1 is 0.930 bits per heavy atom. The number of rotatable bonds is 9. The number of nitrogens with zero attached hydrogens (tertiary/aromatic N) is 7. The number of aliphatic hydroxyl groups is 1. The van der Waals surface area contributed by atoms with E-state index in [9.17, 15) is 5.11 Å². The highest BCUT2D eigenvalue weighted by Gasteiger charge is 2.26. The molecule has 222 valence electrons. The Morgan fingerprint density at radius 3 is 2.42 bits per heavy atom. The van der Waals surface area contributed by atoms with Crippen LogP contribution >= 0.6 is 0 Å². The average molecular weight is 576 g/mol. The van der Waals surface area contributed by atoms with E-state index in [1.165, 1.54) is 16.8 Å². The van der Waals surface area contributed by atoms with Crippen molar-refractivity contribution in [2.75, 3.05) is 49.6 Å². The van der Waals surface area contributed by atoms with Crippen LogP contribution in [0.4, 0.5) is 11.5 Å². The fourth-order valence-electron chi connectivity index (χ4n) is 6.20. The van der Waals surface area contributed by atoms with E-state index >= 15 is 0 Å². The molecule has 1 N–H and O–H groups in total. The van der Waals surface area contributed by atoms with Crippen LogP contribution in [0.3, 0.4) is 0 Å². The molecule has 0 radical (unpaired) electrons. The van der Waals surface area contributed by atoms with Gasteiger partial charge in [-0.1, -0.05) is 60.7 Å². The molecule has 1 fully saturated rings. The molecule has 1 aliphatic rings. The van der Waals surface area contributed by atoms with E-state index in [1.54, 1.807) is 6.33 Å². The number of imidazole rings is 1. The number of aliphatic hydroxyl groups excluding tert-OH is 1. The van der Waals surface area contributed by atoms with Gasteiger partial charge >= 0.3 is 0 Å². The van der Waals surface area contributed by atoms with E-state index < -0.39 is 6.10 Å². The topological polar surface area (TPSA) is 73.6 Å². The molecule has 1 saturated heterocycles. The first-order valence-corrected chi connectivity index (χ1v) is 15.2. The number of aromatic nitrogens is 4. The van der Waals surface area contributed by atoms with E-state index in [-0.39, 0.29) is 0 Å². The third-order valence-corrected chi connectivity index (χ3v) is 8.75. The monoisotopic (exact) mass is 575 g/mol. The summed E-state index contributed by atoms with van der Waals surface area (Å²) in [5.74, 6) is 1.53. The van der Waals surface area contributed by atoms with Crippen molar-refractivity contribution >= 4 is 22.7 Å². The predicted octanol–water partition coefficient (Wildman–Crippen LogP) is 5.50. The summed E-state index contributed by atoms with van der Waals surface area (Å²) in [6, 6.07) is 27.3. The van der Waals surface area contributed by atoms with Gasteiger partial charge < -0.3 is 14.9 Å². The summed E-state index contributed by atoms with van der Waals surface area (Å²) in [4.78, 5) is 21.4. The summed E-state index contributed by atoms with van der Waals surface area (Å²) >= 11 is 0. The van der Waals surface area contributed by atoms with E-state index in [2.05, 4.69) is 87.6 Å². The van der Waals surface area contributed by atoms with Gasteiger partial charge in [-0.05, 0) is 56.5 Å². The molecule has 2 unspecified atom stereocenters. The molecule has 0 bridgehead atoms. The maximum absolute atomic E-state index is 11.1. The second kappa shape index (κ2) is 12.5. The van der Waals surface area contributed by atoms with Crippen molar-refractivity contribution in [3.63, 3.8) is 0 Å². The fraction of sp³-hybridized carbons (Fsp3) is 0.343. The molecule has 8 heteroatoms. The normalized spacial score (nSPS) is 16.5. The van der Waals surface area contributed by atoms with Crippen molar-refractivity contribution in [3.8, 4) is 17.1 Å². The molecule has 8 nitrogen and oxygen atoms in total. The van der Waals surface area contributed by atoms with Crippen molar-refractivity contribution in [1.82, 2.24) is 24.4 Å². The highest BCUT2D eigenvalue weighted by atomic mass is 16.3. The van der Waals surface area contributed by atoms with E-state index in [4.69, 9.17) is 4.98 Å². The standard InChI is InChI=1S/C35H41N7O/c1-25-12-11-17-31(27(25)3)41-21-20-40(26(2)22-41)19-18-30(43)23-39(4)34-32-35(37-24-36-34)42(29-15-9-6-10-16-29)33(38-32)28-13-7-5-8-14-28/h5-17,24,26,30,43H,18-23H2,1-4H3. The lowest BCUT2D eigenvalue weighted by Gasteiger charge is -2.42. The van der Waals surface area contributed by atoms with Gasteiger partial charge in [0.15, 0.2) is 17.0 Å². The lowest BCUT2D eigenvalue weighted by atomic mass is 10.1. The molecule has 5 aromatic rings. The third kappa shape index (κ3) is 5.98. The zero-order valence-corrected chi connectivity index (χ0v) is 25.6. The summed E-state index contributed by atoms with van der Waals surface area (Å²) < 4.78 is 2.08. The van der Waals surface area contributed by atoms with Crippen LogP contribution in [0, 0.1) is 13.8 Å². The van der Waals surface area contributed by atoms with Gasteiger partial charge in [0.25, 0.3) is 0 Å². The second-order valence-corrected chi connectivity index (χ2v) is 11.7. The molecule has 3 heterocycles. The largest absolute Gasteiger partial charge is 0.391 e. The SMILES string of the molecule is Cc1cccc(N2CCN(CCC(O)CN(C)c3ncnc4c3nc(-c3ccccc3)n4-c3ccccc3)C(C)C2)c1C. The van der Waals surface area contributed by atoms with Crippen LogP contribution in [0.1, 0.15) is 24.5 Å². The van der Waals surface area contributed by atoms with Gasteiger partial charge in [0.05, 0.1) is 6.10 Å². The maximum atomic E-state index is 11.1. The van der Waals surface area contributed by atoms with Crippen molar-refractivity contribution in [3.05, 3.63) is 96.3 Å². The minimum atomic E-state index is -0.496. The van der Waals surface area contributed by atoms with Crippen LogP contribution in [0.2, 0.25) is 0 Å². The Bertz CT molecular complexity index is 1670. The van der Waals surface area contributed by atoms with Crippen molar-refractivity contribution in [2.24, 2.45) is 0 Å². The molecule has 3 aromatic carbocycles.